The summed E-state index contributed by atoms with van der Waals surface area (Å²) in [5.74, 6) is 0. The van der Waals surface area contributed by atoms with Crippen molar-refractivity contribution >= 4 is 22.5 Å². The van der Waals surface area contributed by atoms with Crippen LogP contribution in [-0.2, 0) is 4.43 Å². The number of hydrogen-bond acceptors (Lipinski definition) is 1. The van der Waals surface area contributed by atoms with Gasteiger partial charge in [0.25, 0.3) is 0 Å². The normalized spacial score (nSPS) is 34.3. The van der Waals surface area contributed by atoms with Crippen LogP contribution in [0.4, 0.5) is 0 Å². The summed E-state index contributed by atoms with van der Waals surface area (Å²) < 4.78 is 6.90. The molecule has 0 saturated carbocycles. The van der Waals surface area contributed by atoms with Gasteiger partial charge in [0.05, 0.1) is 7.11 Å². The van der Waals surface area contributed by atoms with Crippen molar-refractivity contribution in [1.82, 2.24) is 0 Å². The average Bonchev–Trinajstić information content (AvgIpc) is 2.12. The standard InChI is InChI=1S/C14H34OSi3/c1-11-14(4,5)18(10)15-13(2,3)12-16(6,7)17(18,8)9/h11-12H2,1-10H3. The van der Waals surface area contributed by atoms with Gasteiger partial charge in [-0.25, -0.2) is 0 Å². The molecule has 0 aromatic rings. The Morgan fingerprint density at radius 3 is 1.89 bits per heavy atom. The molecular formula is C14H34OSi3. The predicted molar refractivity (Wildman–Crippen MR) is 90.9 cm³/mol. The van der Waals surface area contributed by atoms with E-state index in [0.717, 1.165) is 0 Å². The van der Waals surface area contributed by atoms with Crippen LogP contribution in [0.3, 0.4) is 0 Å². The van der Waals surface area contributed by atoms with E-state index in [2.05, 4.69) is 67.4 Å². The van der Waals surface area contributed by atoms with Gasteiger partial charge in [-0.3, -0.25) is 0 Å². The lowest BCUT2D eigenvalue weighted by Gasteiger charge is -2.63. The maximum atomic E-state index is 6.90. The average molecular weight is 303 g/mol. The third-order valence-corrected chi connectivity index (χ3v) is 48.4. The first-order chi connectivity index (χ1) is 7.72. The van der Waals surface area contributed by atoms with Crippen molar-refractivity contribution in [2.24, 2.45) is 0 Å². The highest BCUT2D eigenvalue weighted by Gasteiger charge is 2.67. The molecule has 0 bridgehead atoms. The third-order valence-electron chi connectivity index (χ3n) is 6.41. The minimum Gasteiger partial charge on any atom is -0.415 e. The van der Waals surface area contributed by atoms with Crippen LogP contribution < -0.4 is 0 Å². The van der Waals surface area contributed by atoms with Gasteiger partial charge in [0.1, 0.15) is 0 Å². The summed E-state index contributed by atoms with van der Waals surface area (Å²) in [6, 6.07) is 1.35. The summed E-state index contributed by atoms with van der Waals surface area (Å²) >= 11 is 0. The Morgan fingerprint density at radius 2 is 1.50 bits per heavy atom. The van der Waals surface area contributed by atoms with Crippen LogP contribution in [0.1, 0.15) is 41.0 Å². The fourth-order valence-electron chi connectivity index (χ4n) is 3.97. The van der Waals surface area contributed by atoms with Crippen LogP contribution in [-0.4, -0.2) is 28.1 Å². The van der Waals surface area contributed by atoms with E-state index in [-0.39, 0.29) is 5.60 Å². The maximum absolute atomic E-state index is 6.90. The molecule has 0 aromatic heterocycles. The molecule has 1 nitrogen and oxygen atoms in total. The molecule has 0 spiro atoms. The Hall–Kier alpha value is 0.611. The molecule has 108 valence electrons. The fourth-order valence-corrected chi connectivity index (χ4v) is 41.7. The minimum atomic E-state index is -1.66. The summed E-state index contributed by atoms with van der Waals surface area (Å²) in [7, 11) is -4.06. The van der Waals surface area contributed by atoms with Crippen LogP contribution in [0, 0.1) is 0 Å². The van der Waals surface area contributed by atoms with Crippen molar-refractivity contribution in [1.29, 1.82) is 0 Å². The maximum Gasteiger partial charge on any atom is 0.180 e. The van der Waals surface area contributed by atoms with E-state index >= 15 is 0 Å². The van der Waals surface area contributed by atoms with Gasteiger partial charge in [0.15, 0.2) is 7.83 Å². The lowest BCUT2D eigenvalue weighted by Crippen LogP contribution is -2.81. The van der Waals surface area contributed by atoms with Crippen LogP contribution >= 0.6 is 0 Å². The SMILES string of the molecule is CCC(C)(C)[Si]1(C)OC(C)(C)C[Si](C)(C)[Si]1(C)C. The second-order valence-electron chi connectivity index (χ2n) is 8.82. The lowest BCUT2D eigenvalue weighted by molar-refractivity contribution is 0.111. The van der Waals surface area contributed by atoms with Crippen LogP contribution in [0.25, 0.3) is 0 Å². The molecule has 1 rings (SSSR count). The first-order valence-electron chi connectivity index (χ1n) is 7.43. The van der Waals surface area contributed by atoms with E-state index in [4.69, 9.17) is 4.43 Å². The van der Waals surface area contributed by atoms with Crippen molar-refractivity contribution < 1.29 is 4.43 Å². The van der Waals surface area contributed by atoms with Gasteiger partial charge in [0, 0.05) is 13.2 Å². The van der Waals surface area contributed by atoms with E-state index in [9.17, 15) is 0 Å². The second kappa shape index (κ2) is 4.30. The smallest absolute Gasteiger partial charge is 0.180 e. The van der Waals surface area contributed by atoms with Crippen LogP contribution in [0.15, 0.2) is 0 Å². The first kappa shape index (κ1) is 16.7. The molecule has 0 aliphatic carbocycles. The molecule has 1 fully saturated rings. The monoisotopic (exact) mass is 302 g/mol. The van der Waals surface area contributed by atoms with E-state index in [1.807, 2.05) is 0 Å². The van der Waals surface area contributed by atoms with Gasteiger partial charge >= 0.3 is 0 Å². The number of rotatable bonds is 2. The van der Waals surface area contributed by atoms with Gasteiger partial charge in [-0.2, -0.15) is 0 Å². The molecule has 1 unspecified atom stereocenters. The molecule has 0 radical (unpaired) electrons. The summed E-state index contributed by atoms with van der Waals surface area (Å²) in [6.07, 6.45) is 1.26. The highest BCUT2D eigenvalue weighted by molar-refractivity contribution is 7.68. The molecule has 0 N–H and O–H groups in total. The molecule has 4 heteroatoms. The fraction of sp³-hybridized carbons (Fsp3) is 1.00. The van der Waals surface area contributed by atoms with E-state index in [1.165, 1.54) is 12.5 Å². The molecule has 1 aliphatic heterocycles. The van der Waals surface area contributed by atoms with E-state index in [0.29, 0.717) is 5.04 Å². The zero-order chi connectivity index (χ0) is 14.6. The topological polar surface area (TPSA) is 9.23 Å². The van der Waals surface area contributed by atoms with Crippen LogP contribution in [0.5, 0.6) is 0 Å². The Morgan fingerprint density at radius 1 is 1.06 bits per heavy atom. The van der Waals surface area contributed by atoms with Gasteiger partial charge in [-0.1, -0.05) is 53.4 Å². The van der Waals surface area contributed by atoms with Gasteiger partial charge in [-0.05, 0) is 31.5 Å². The summed E-state index contributed by atoms with van der Waals surface area (Å²) in [5, 5.41) is 0.407. The largest absolute Gasteiger partial charge is 0.415 e. The molecule has 0 aromatic carbocycles. The molecule has 18 heavy (non-hydrogen) atoms. The Labute approximate surface area is 117 Å². The van der Waals surface area contributed by atoms with Gasteiger partial charge in [0.2, 0.25) is 0 Å². The highest BCUT2D eigenvalue weighted by atomic mass is 29.6. The van der Waals surface area contributed by atoms with Crippen molar-refractivity contribution in [3.8, 4) is 0 Å². The van der Waals surface area contributed by atoms with Crippen molar-refractivity contribution in [2.45, 2.75) is 90.5 Å². The van der Waals surface area contributed by atoms with E-state index in [1.54, 1.807) is 0 Å². The van der Waals surface area contributed by atoms with Crippen molar-refractivity contribution in [3.63, 3.8) is 0 Å². The van der Waals surface area contributed by atoms with Crippen molar-refractivity contribution in [3.05, 3.63) is 0 Å². The zero-order valence-electron chi connectivity index (χ0n) is 14.3. The van der Waals surface area contributed by atoms with Gasteiger partial charge in [-0.15, -0.1) is 0 Å². The second-order valence-corrected chi connectivity index (χ2v) is 35.7. The van der Waals surface area contributed by atoms with Crippen LogP contribution in [0.2, 0.25) is 43.8 Å². The molecule has 1 saturated heterocycles. The van der Waals surface area contributed by atoms with E-state index < -0.39 is 22.5 Å². The van der Waals surface area contributed by atoms with Crippen molar-refractivity contribution in [2.75, 3.05) is 0 Å². The summed E-state index contributed by atoms with van der Waals surface area (Å²) in [4.78, 5) is 0. The molecular weight excluding hydrogens is 268 g/mol. The quantitative estimate of drug-likeness (QED) is 0.642. The summed E-state index contributed by atoms with van der Waals surface area (Å²) in [5.41, 5.74) is 0.117. The molecule has 1 aliphatic rings. The Bertz CT molecular complexity index is 334. The molecule has 0 amide bonds. The Balaban J connectivity index is 3.40. The predicted octanol–water partition coefficient (Wildman–Crippen LogP) is 5.13. The third kappa shape index (κ3) is 2.23. The zero-order valence-corrected chi connectivity index (χ0v) is 17.3. The molecule has 1 heterocycles. The first-order valence-corrected chi connectivity index (χ1v) is 18.0. The lowest BCUT2D eigenvalue weighted by atomic mass is 10.1. The molecule has 1 atom stereocenters. The highest BCUT2D eigenvalue weighted by Crippen LogP contribution is 2.54. The van der Waals surface area contributed by atoms with Gasteiger partial charge < -0.3 is 4.43 Å². The summed E-state index contributed by atoms with van der Waals surface area (Å²) in [6.45, 7) is 25.1. The minimum absolute atomic E-state index is 0.117. The number of hydrogen-bond donors (Lipinski definition) is 0. The Kier molecular flexibility index (Phi) is 3.98.